The summed E-state index contributed by atoms with van der Waals surface area (Å²) in [6, 6.07) is 13.4. The number of nitrogens with one attached hydrogen (secondary N) is 1. The lowest BCUT2D eigenvalue weighted by Gasteiger charge is -2.34. The van der Waals surface area contributed by atoms with Gasteiger partial charge in [0.15, 0.2) is 0 Å². The maximum atomic E-state index is 13.5. The van der Waals surface area contributed by atoms with Crippen LogP contribution in [0, 0.1) is 13.8 Å². The van der Waals surface area contributed by atoms with E-state index in [0.717, 1.165) is 28.3 Å². The first-order valence-electron chi connectivity index (χ1n) is 12.6. The summed E-state index contributed by atoms with van der Waals surface area (Å²) in [4.78, 5) is 27.9. The molecule has 1 N–H and O–H groups in total. The SMILES string of the molecule is COc1ccc(NC(=O)c2cnn(-c3c(C)cccc3C)c2C2CCN(C(=O)OC(C)(C)C)CC2)cc1. The third-order valence-corrected chi connectivity index (χ3v) is 6.58. The number of piperidine rings is 1. The maximum Gasteiger partial charge on any atom is 0.410 e. The molecule has 8 heteroatoms. The van der Waals surface area contributed by atoms with Crippen molar-refractivity contribution in [3.05, 3.63) is 71.0 Å². The van der Waals surface area contributed by atoms with Crippen molar-refractivity contribution in [3.8, 4) is 11.4 Å². The summed E-state index contributed by atoms with van der Waals surface area (Å²) < 4.78 is 12.7. The van der Waals surface area contributed by atoms with Crippen LogP contribution in [-0.4, -0.2) is 52.5 Å². The van der Waals surface area contributed by atoms with Crippen LogP contribution >= 0.6 is 0 Å². The second-order valence-electron chi connectivity index (χ2n) is 10.5. The molecule has 2 heterocycles. The summed E-state index contributed by atoms with van der Waals surface area (Å²) >= 11 is 0. The van der Waals surface area contributed by atoms with Crippen LogP contribution < -0.4 is 10.1 Å². The standard InChI is InChI=1S/C29H36N4O4/c1-19-8-7-9-20(2)25(19)33-26(21-14-16-32(17-15-21)28(35)37-29(3,4)5)24(18-30-33)27(34)31-22-10-12-23(36-6)13-11-22/h7-13,18,21H,14-17H2,1-6H3,(H,31,34). The van der Waals surface area contributed by atoms with Crippen LogP contribution in [0.15, 0.2) is 48.7 Å². The Labute approximate surface area is 218 Å². The fourth-order valence-electron chi connectivity index (χ4n) is 4.78. The average molecular weight is 505 g/mol. The Bertz CT molecular complexity index is 1250. The van der Waals surface area contributed by atoms with Gasteiger partial charge in [-0.05, 0) is 82.9 Å². The smallest absolute Gasteiger partial charge is 0.410 e. The number of aryl methyl sites for hydroxylation is 2. The van der Waals surface area contributed by atoms with Crippen LogP contribution in [0.2, 0.25) is 0 Å². The number of anilines is 1. The molecule has 37 heavy (non-hydrogen) atoms. The molecule has 1 saturated heterocycles. The molecule has 8 nitrogen and oxygen atoms in total. The molecule has 4 rings (SSSR count). The number of aromatic nitrogens is 2. The molecule has 0 radical (unpaired) electrons. The molecule has 0 saturated carbocycles. The van der Waals surface area contributed by atoms with Crippen molar-refractivity contribution >= 4 is 17.7 Å². The number of carbonyl (C=O) groups is 2. The third-order valence-electron chi connectivity index (χ3n) is 6.58. The Morgan fingerprint density at radius 1 is 1.00 bits per heavy atom. The highest BCUT2D eigenvalue weighted by Gasteiger charge is 2.32. The second kappa shape index (κ2) is 10.7. The van der Waals surface area contributed by atoms with Crippen molar-refractivity contribution in [1.82, 2.24) is 14.7 Å². The van der Waals surface area contributed by atoms with E-state index in [-0.39, 0.29) is 17.9 Å². The number of hydrogen-bond donors (Lipinski definition) is 1. The molecule has 1 fully saturated rings. The Morgan fingerprint density at radius 2 is 1.62 bits per heavy atom. The number of para-hydroxylation sites is 1. The number of amides is 2. The zero-order chi connectivity index (χ0) is 26.7. The molecule has 0 unspecified atom stereocenters. The lowest BCUT2D eigenvalue weighted by Crippen LogP contribution is -2.41. The topological polar surface area (TPSA) is 85.7 Å². The number of methoxy groups -OCH3 is 1. The van der Waals surface area contributed by atoms with E-state index in [9.17, 15) is 9.59 Å². The van der Waals surface area contributed by atoms with Crippen molar-refractivity contribution in [2.75, 3.05) is 25.5 Å². The number of carbonyl (C=O) groups excluding carboxylic acids is 2. The van der Waals surface area contributed by atoms with Gasteiger partial charge in [0.1, 0.15) is 11.4 Å². The van der Waals surface area contributed by atoms with Crippen molar-refractivity contribution in [2.24, 2.45) is 0 Å². The predicted octanol–water partition coefficient (Wildman–Crippen LogP) is 5.86. The first-order valence-corrected chi connectivity index (χ1v) is 12.6. The highest BCUT2D eigenvalue weighted by Crippen LogP contribution is 2.34. The monoisotopic (exact) mass is 504 g/mol. The van der Waals surface area contributed by atoms with Crippen LogP contribution in [0.5, 0.6) is 5.75 Å². The van der Waals surface area contributed by atoms with Crippen LogP contribution in [0.1, 0.15) is 66.7 Å². The molecule has 1 aliphatic rings. The number of benzene rings is 2. The number of ether oxygens (including phenoxy) is 2. The first-order chi connectivity index (χ1) is 17.6. The van der Waals surface area contributed by atoms with Crippen molar-refractivity contribution in [3.63, 3.8) is 0 Å². The number of hydrogen-bond acceptors (Lipinski definition) is 5. The summed E-state index contributed by atoms with van der Waals surface area (Å²) in [7, 11) is 1.61. The normalized spacial score (nSPS) is 14.4. The van der Waals surface area contributed by atoms with E-state index in [0.29, 0.717) is 37.2 Å². The number of rotatable bonds is 5. The van der Waals surface area contributed by atoms with Gasteiger partial charge in [0.25, 0.3) is 5.91 Å². The van der Waals surface area contributed by atoms with Crippen molar-refractivity contribution < 1.29 is 19.1 Å². The quantitative estimate of drug-likeness (QED) is 0.470. The van der Waals surface area contributed by atoms with E-state index in [1.807, 2.05) is 55.8 Å². The van der Waals surface area contributed by atoms with E-state index in [1.54, 1.807) is 18.2 Å². The molecule has 2 aromatic carbocycles. The van der Waals surface area contributed by atoms with Gasteiger partial charge in [0.05, 0.1) is 30.3 Å². The highest BCUT2D eigenvalue weighted by molar-refractivity contribution is 6.05. The molecule has 3 aromatic rings. The molecule has 0 bridgehead atoms. The van der Waals surface area contributed by atoms with Crippen molar-refractivity contribution in [1.29, 1.82) is 0 Å². The number of likely N-dealkylation sites (tertiary alicyclic amines) is 1. The Hall–Kier alpha value is -3.81. The van der Waals surface area contributed by atoms with E-state index in [4.69, 9.17) is 14.6 Å². The summed E-state index contributed by atoms with van der Waals surface area (Å²) in [5.41, 5.74) is 4.69. The molecule has 1 aromatic heterocycles. The second-order valence-corrected chi connectivity index (χ2v) is 10.5. The van der Waals surface area contributed by atoms with Gasteiger partial charge >= 0.3 is 6.09 Å². The molecular formula is C29H36N4O4. The first kappa shape index (κ1) is 26.3. The fraction of sp³-hybridized carbons (Fsp3) is 0.414. The maximum absolute atomic E-state index is 13.5. The molecule has 0 atom stereocenters. The van der Waals surface area contributed by atoms with Crippen molar-refractivity contribution in [2.45, 2.75) is 59.0 Å². The van der Waals surface area contributed by atoms with Gasteiger partial charge in [0.2, 0.25) is 0 Å². The summed E-state index contributed by atoms with van der Waals surface area (Å²) in [6.45, 7) is 10.8. The van der Waals surface area contributed by atoms with Gasteiger partial charge in [0, 0.05) is 24.7 Å². The zero-order valence-corrected chi connectivity index (χ0v) is 22.5. The fourth-order valence-corrected chi connectivity index (χ4v) is 4.78. The largest absolute Gasteiger partial charge is 0.497 e. The van der Waals surface area contributed by atoms with Crippen LogP contribution in [0.4, 0.5) is 10.5 Å². The zero-order valence-electron chi connectivity index (χ0n) is 22.5. The molecule has 1 aliphatic heterocycles. The van der Waals surface area contributed by atoms with E-state index in [1.165, 1.54) is 0 Å². The van der Waals surface area contributed by atoms with Crippen LogP contribution in [-0.2, 0) is 4.74 Å². The molecule has 0 aliphatic carbocycles. The third kappa shape index (κ3) is 5.96. The molecule has 0 spiro atoms. The Morgan fingerprint density at radius 3 is 2.19 bits per heavy atom. The minimum atomic E-state index is -0.540. The Balaban J connectivity index is 1.65. The highest BCUT2D eigenvalue weighted by atomic mass is 16.6. The van der Waals surface area contributed by atoms with Gasteiger partial charge in [-0.25, -0.2) is 9.48 Å². The molecule has 2 amide bonds. The lowest BCUT2D eigenvalue weighted by molar-refractivity contribution is 0.0203. The lowest BCUT2D eigenvalue weighted by atomic mass is 9.90. The van der Waals surface area contributed by atoms with Crippen LogP contribution in [0.3, 0.4) is 0 Å². The van der Waals surface area contributed by atoms with E-state index in [2.05, 4.69) is 31.3 Å². The number of nitrogens with zero attached hydrogens (tertiary/aromatic N) is 3. The van der Waals surface area contributed by atoms with Gasteiger partial charge in [-0.15, -0.1) is 0 Å². The van der Waals surface area contributed by atoms with E-state index >= 15 is 0 Å². The Kier molecular flexibility index (Phi) is 7.57. The minimum Gasteiger partial charge on any atom is -0.497 e. The average Bonchev–Trinajstić information content (AvgIpc) is 3.28. The summed E-state index contributed by atoms with van der Waals surface area (Å²) in [5.74, 6) is 0.558. The van der Waals surface area contributed by atoms with Crippen LogP contribution in [0.25, 0.3) is 5.69 Å². The summed E-state index contributed by atoms with van der Waals surface area (Å²) in [5, 5.41) is 7.71. The predicted molar refractivity (Wildman–Crippen MR) is 144 cm³/mol. The minimum absolute atomic E-state index is 0.0526. The van der Waals surface area contributed by atoms with Gasteiger partial charge in [-0.3, -0.25) is 4.79 Å². The van der Waals surface area contributed by atoms with E-state index < -0.39 is 5.60 Å². The molecular weight excluding hydrogens is 468 g/mol. The van der Waals surface area contributed by atoms with Gasteiger partial charge < -0.3 is 19.7 Å². The summed E-state index contributed by atoms with van der Waals surface area (Å²) in [6.07, 6.45) is 2.77. The van der Waals surface area contributed by atoms with Gasteiger partial charge in [-0.1, -0.05) is 18.2 Å². The molecule has 196 valence electrons. The van der Waals surface area contributed by atoms with Gasteiger partial charge in [-0.2, -0.15) is 5.10 Å².